The number of carbonyl (C=O) groups is 1. The highest BCUT2D eigenvalue weighted by Crippen LogP contribution is 2.32. The molecule has 0 spiro atoms. The van der Waals surface area contributed by atoms with Crippen molar-refractivity contribution in [1.82, 2.24) is 14.5 Å². The molecule has 0 unspecified atom stereocenters. The second-order valence-corrected chi connectivity index (χ2v) is 11.6. The number of imidazole rings is 1. The van der Waals surface area contributed by atoms with Crippen molar-refractivity contribution in [3.8, 4) is 16.9 Å². The maximum Gasteiger partial charge on any atom is 0.233 e. The lowest BCUT2D eigenvalue weighted by Gasteiger charge is -2.26. The number of sulfone groups is 1. The van der Waals surface area contributed by atoms with Crippen molar-refractivity contribution in [2.75, 3.05) is 23.8 Å². The van der Waals surface area contributed by atoms with E-state index in [1.807, 2.05) is 31.3 Å². The summed E-state index contributed by atoms with van der Waals surface area (Å²) in [5.41, 5.74) is 5.36. The van der Waals surface area contributed by atoms with Gasteiger partial charge in [0.25, 0.3) is 0 Å². The summed E-state index contributed by atoms with van der Waals surface area (Å²) in [6, 6.07) is 16.2. The molecular weight excluding hydrogens is 454 g/mol. The van der Waals surface area contributed by atoms with Crippen LogP contribution in [0.3, 0.4) is 0 Å². The minimum absolute atomic E-state index is 0.0546. The standard InChI is InChI=1S/C25H29N3O3S2/c1-4-27(21-12-13-33(30,31)17-21)24(29)16-32-25-26-15-23(20-8-6-5-7-9-20)28(25)22-11-10-18(2)14-19(22)3/h5-11,14-15,21H,4,12-13,16-17H2,1-3H3/t21-/m0/s1. The smallest absolute Gasteiger partial charge is 0.233 e. The van der Waals surface area contributed by atoms with Gasteiger partial charge in [0.05, 0.1) is 34.8 Å². The number of thioether (sulfide) groups is 1. The topological polar surface area (TPSA) is 72.3 Å². The zero-order valence-electron chi connectivity index (χ0n) is 19.2. The van der Waals surface area contributed by atoms with E-state index in [1.165, 1.54) is 17.3 Å². The van der Waals surface area contributed by atoms with Crippen molar-refractivity contribution >= 4 is 27.5 Å². The van der Waals surface area contributed by atoms with E-state index < -0.39 is 9.84 Å². The molecule has 1 amide bonds. The van der Waals surface area contributed by atoms with Gasteiger partial charge in [-0.3, -0.25) is 9.36 Å². The van der Waals surface area contributed by atoms with E-state index in [2.05, 4.69) is 53.7 Å². The van der Waals surface area contributed by atoms with Crippen LogP contribution in [-0.2, 0) is 14.6 Å². The van der Waals surface area contributed by atoms with Crippen LogP contribution in [0.2, 0.25) is 0 Å². The number of aryl methyl sites for hydroxylation is 2. The third kappa shape index (κ3) is 5.17. The molecule has 3 aromatic rings. The third-order valence-electron chi connectivity index (χ3n) is 6.03. The van der Waals surface area contributed by atoms with Gasteiger partial charge in [-0.1, -0.05) is 59.8 Å². The van der Waals surface area contributed by atoms with Crippen LogP contribution in [0.25, 0.3) is 16.9 Å². The Morgan fingerprint density at radius 3 is 2.58 bits per heavy atom. The Balaban J connectivity index is 1.63. The second-order valence-electron chi connectivity index (χ2n) is 8.44. The number of hydrogen-bond donors (Lipinski definition) is 0. The summed E-state index contributed by atoms with van der Waals surface area (Å²) in [5.74, 6) is 0.375. The summed E-state index contributed by atoms with van der Waals surface area (Å²) in [7, 11) is -3.05. The zero-order valence-corrected chi connectivity index (χ0v) is 20.8. The molecule has 1 fully saturated rings. The maximum absolute atomic E-state index is 13.1. The van der Waals surface area contributed by atoms with Crippen LogP contribution < -0.4 is 0 Å². The Hall–Kier alpha value is -2.58. The zero-order chi connectivity index (χ0) is 23.6. The molecule has 6 nitrogen and oxygen atoms in total. The van der Waals surface area contributed by atoms with Crippen LogP contribution in [0.15, 0.2) is 59.9 Å². The molecule has 0 saturated carbocycles. The number of benzene rings is 2. The summed E-state index contributed by atoms with van der Waals surface area (Å²) in [5, 5.41) is 0.740. The van der Waals surface area contributed by atoms with Crippen molar-refractivity contribution in [3.05, 3.63) is 65.9 Å². The molecule has 1 atom stereocenters. The average Bonchev–Trinajstić information content (AvgIpc) is 3.36. The SMILES string of the molecule is CCN(C(=O)CSc1ncc(-c2ccccc2)n1-c1ccc(C)cc1C)[C@H]1CCS(=O)(=O)C1. The van der Waals surface area contributed by atoms with Gasteiger partial charge in [0, 0.05) is 18.2 Å². The first kappa shape index (κ1) is 23.6. The average molecular weight is 484 g/mol. The van der Waals surface area contributed by atoms with Crippen LogP contribution in [0.5, 0.6) is 0 Å². The number of hydrogen-bond acceptors (Lipinski definition) is 5. The molecule has 0 N–H and O–H groups in total. The molecule has 1 aliphatic rings. The van der Waals surface area contributed by atoms with Gasteiger partial charge >= 0.3 is 0 Å². The minimum atomic E-state index is -3.05. The largest absolute Gasteiger partial charge is 0.338 e. The van der Waals surface area contributed by atoms with Crippen LogP contribution >= 0.6 is 11.8 Å². The van der Waals surface area contributed by atoms with Crippen molar-refractivity contribution < 1.29 is 13.2 Å². The van der Waals surface area contributed by atoms with Gasteiger partial charge in [-0.15, -0.1) is 0 Å². The Morgan fingerprint density at radius 1 is 1.18 bits per heavy atom. The highest BCUT2D eigenvalue weighted by molar-refractivity contribution is 7.99. The Kier molecular flexibility index (Phi) is 6.95. The number of carbonyl (C=O) groups excluding carboxylic acids is 1. The number of rotatable bonds is 7. The Labute approximate surface area is 199 Å². The summed E-state index contributed by atoms with van der Waals surface area (Å²) < 4.78 is 25.9. The molecule has 33 heavy (non-hydrogen) atoms. The van der Waals surface area contributed by atoms with E-state index in [4.69, 9.17) is 0 Å². The van der Waals surface area contributed by atoms with Crippen molar-refractivity contribution in [3.63, 3.8) is 0 Å². The Bertz CT molecular complexity index is 1250. The number of amides is 1. The molecule has 0 radical (unpaired) electrons. The summed E-state index contributed by atoms with van der Waals surface area (Å²) in [6.07, 6.45) is 2.37. The van der Waals surface area contributed by atoms with Gasteiger partial charge in [-0.05, 0) is 38.8 Å². The molecule has 1 aliphatic heterocycles. The molecule has 2 heterocycles. The third-order valence-corrected chi connectivity index (χ3v) is 8.71. The Morgan fingerprint density at radius 2 is 1.94 bits per heavy atom. The fourth-order valence-electron chi connectivity index (χ4n) is 4.41. The lowest BCUT2D eigenvalue weighted by atomic mass is 10.1. The molecule has 174 valence electrons. The molecule has 0 aliphatic carbocycles. The summed E-state index contributed by atoms with van der Waals surface area (Å²) in [6.45, 7) is 6.55. The quantitative estimate of drug-likeness (QED) is 0.469. The predicted octanol–water partition coefficient (Wildman–Crippen LogP) is 4.28. The molecule has 0 bridgehead atoms. The van der Waals surface area contributed by atoms with Crippen LogP contribution in [-0.4, -0.2) is 58.6 Å². The van der Waals surface area contributed by atoms with Crippen molar-refractivity contribution in [1.29, 1.82) is 0 Å². The maximum atomic E-state index is 13.1. The summed E-state index contributed by atoms with van der Waals surface area (Å²) in [4.78, 5) is 19.4. The molecule has 1 saturated heterocycles. The van der Waals surface area contributed by atoms with E-state index in [0.29, 0.717) is 13.0 Å². The van der Waals surface area contributed by atoms with Gasteiger partial charge in [0.1, 0.15) is 0 Å². The van der Waals surface area contributed by atoms with Crippen molar-refractivity contribution in [2.45, 2.75) is 38.4 Å². The normalized spacial score (nSPS) is 17.2. The lowest BCUT2D eigenvalue weighted by molar-refractivity contribution is -0.129. The van der Waals surface area contributed by atoms with Crippen LogP contribution in [0.1, 0.15) is 24.5 Å². The lowest BCUT2D eigenvalue weighted by Crippen LogP contribution is -2.42. The van der Waals surface area contributed by atoms with Crippen LogP contribution in [0.4, 0.5) is 0 Å². The van der Waals surface area contributed by atoms with E-state index in [1.54, 1.807) is 4.90 Å². The molecule has 8 heteroatoms. The first-order valence-electron chi connectivity index (χ1n) is 11.1. The van der Waals surface area contributed by atoms with E-state index in [-0.39, 0.29) is 29.2 Å². The predicted molar refractivity (Wildman–Crippen MR) is 134 cm³/mol. The highest BCUT2D eigenvalue weighted by atomic mass is 32.2. The van der Waals surface area contributed by atoms with Gasteiger partial charge in [-0.2, -0.15) is 0 Å². The molecular formula is C25H29N3O3S2. The first-order valence-corrected chi connectivity index (χ1v) is 13.9. The van der Waals surface area contributed by atoms with E-state index in [9.17, 15) is 13.2 Å². The van der Waals surface area contributed by atoms with E-state index >= 15 is 0 Å². The van der Waals surface area contributed by atoms with E-state index in [0.717, 1.165) is 27.7 Å². The van der Waals surface area contributed by atoms with Gasteiger partial charge in [0.2, 0.25) is 5.91 Å². The second kappa shape index (κ2) is 9.73. The monoisotopic (exact) mass is 483 g/mol. The number of nitrogens with zero attached hydrogens (tertiary/aromatic N) is 3. The molecule has 4 rings (SSSR count). The fourth-order valence-corrected chi connectivity index (χ4v) is 7.01. The van der Waals surface area contributed by atoms with Gasteiger partial charge < -0.3 is 4.90 Å². The number of aromatic nitrogens is 2. The molecule has 2 aromatic carbocycles. The molecule has 1 aromatic heterocycles. The van der Waals surface area contributed by atoms with Crippen molar-refractivity contribution in [2.24, 2.45) is 0 Å². The fraction of sp³-hybridized carbons (Fsp3) is 0.360. The van der Waals surface area contributed by atoms with Gasteiger partial charge in [0.15, 0.2) is 15.0 Å². The van der Waals surface area contributed by atoms with Crippen LogP contribution in [0, 0.1) is 13.8 Å². The van der Waals surface area contributed by atoms with Gasteiger partial charge in [-0.25, -0.2) is 13.4 Å². The summed E-state index contributed by atoms with van der Waals surface area (Å²) >= 11 is 1.39. The highest BCUT2D eigenvalue weighted by Gasteiger charge is 2.34. The minimum Gasteiger partial charge on any atom is -0.338 e. The first-order chi connectivity index (χ1) is 15.8.